The first kappa shape index (κ1) is 29.6. The second kappa shape index (κ2) is 9.45. The monoisotopic (exact) mass is 600 g/mol. The number of esters is 1. The largest absolute Gasteiger partial charge is 0.454 e. The number of benzene rings is 1. The van der Waals surface area contributed by atoms with E-state index in [0.29, 0.717) is 38.0 Å². The van der Waals surface area contributed by atoms with Crippen molar-refractivity contribution in [3.63, 3.8) is 0 Å². The van der Waals surface area contributed by atoms with Gasteiger partial charge in [0.05, 0.1) is 35.6 Å². The number of rotatable bonds is 7. The Hall–Kier alpha value is -2.12. The number of nitrogens with zero attached hydrogens (tertiary/aromatic N) is 1. The molecule has 7 rings (SSSR count). The summed E-state index contributed by atoms with van der Waals surface area (Å²) in [7, 11) is 4.82. The van der Waals surface area contributed by atoms with Crippen molar-refractivity contribution < 1.29 is 43.9 Å². The minimum atomic E-state index is -1.93. The average Bonchev–Trinajstić information content (AvgIpc) is 3.36. The van der Waals surface area contributed by atoms with E-state index in [1.54, 1.807) is 45.6 Å². The van der Waals surface area contributed by atoms with Crippen LogP contribution < -0.4 is 5.32 Å². The number of para-hydroxylation sites is 1. The number of likely N-dealkylation sites (N-methyl/N-ethyl adjacent to an activating group) is 1. The topological polar surface area (TPSA) is 147 Å². The number of likely N-dealkylation sites (tertiary alicyclic amines) is 1. The van der Waals surface area contributed by atoms with Crippen molar-refractivity contribution in [1.29, 1.82) is 0 Å². The summed E-state index contributed by atoms with van der Waals surface area (Å²) in [4.78, 5) is 28.1. The van der Waals surface area contributed by atoms with Crippen LogP contribution in [0.25, 0.3) is 0 Å². The molecule has 1 spiro atoms. The number of hydrogen-bond donors (Lipinski definition) is 4. The van der Waals surface area contributed by atoms with Crippen LogP contribution in [0, 0.1) is 23.2 Å². The Balaban J connectivity index is 1.41. The molecule has 5 aliphatic carbocycles. The second-order valence-electron chi connectivity index (χ2n) is 13.9. The number of methoxy groups -OCH3 is 3. The lowest BCUT2D eigenvalue weighted by Gasteiger charge is -2.71. The molecule has 0 radical (unpaired) electrons. The number of piperidine rings is 1. The van der Waals surface area contributed by atoms with Crippen LogP contribution in [-0.2, 0) is 23.7 Å². The molecular weight excluding hydrogens is 556 g/mol. The minimum absolute atomic E-state index is 0.0723. The van der Waals surface area contributed by atoms with E-state index in [9.17, 15) is 24.9 Å². The molecule has 7 bridgehead atoms. The van der Waals surface area contributed by atoms with Gasteiger partial charge in [0, 0.05) is 64.4 Å². The number of ether oxygens (including phenoxy) is 4. The van der Waals surface area contributed by atoms with Crippen LogP contribution in [0.4, 0.5) is 5.69 Å². The van der Waals surface area contributed by atoms with Crippen molar-refractivity contribution in [2.75, 3.05) is 39.7 Å². The molecule has 12 atom stereocenters. The quantitative estimate of drug-likeness (QED) is 0.338. The molecule has 6 fully saturated rings. The van der Waals surface area contributed by atoms with Gasteiger partial charge in [0.15, 0.2) is 0 Å². The summed E-state index contributed by atoms with van der Waals surface area (Å²) in [5, 5.41) is 41.5. The van der Waals surface area contributed by atoms with Crippen LogP contribution in [0.2, 0.25) is 0 Å². The molecular formula is C32H44N2O9. The lowest BCUT2D eigenvalue weighted by molar-refractivity contribution is -0.369. The summed E-state index contributed by atoms with van der Waals surface area (Å²) in [6.07, 6.45) is 0.245. The highest BCUT2D eigenvalue weighted by molar-refractivity contribution is 6.00. The van der Waals surface area contributed by atoms with Crippen molar-refractivity contribution in [3.05, 3.63) is 29.8 Å². The molecule has 1 aromatic rings. The SMILES string of the molecule is CCN1C[C@]2(OC(=O)c3ccccc3NC(C)=O)CC[C@H](OC)[C@]34[C@H]1C(O)(C[C@H]23)[C@@]1(O)C[C@H](OC)[C@H]2C[C@@H]4[C@]1(O)[C@H]2OC. The third kappa shape index (κ3) is 3.24. The highest BCUT2D eigenvalue weighted by Crippen LogP contribution is 2.80. The number of anilines is 1. The van der Waals surface area contributed by atoms with Crippen molar-refractivity contribution in [2.45, 2.75) is 92.7 Å². The Morgan fingerprint density at radius 1 is 1.05 bits per heavy atom. The van der Waals surface area contributed by atoms with Gasteiger partial charge < -0.3 is 39.6 Å². The van der Waals surface area contributed by atoms with Gasteiger partial charge in [-0.2, -0.15) is 0 Å². The van der Waals surface area contributed by atoms with Crippen LogP contribution in [0.5, 0.6) is 0 Å². The fourth-order valence-electron chi connectivity index (χ4n) is 11.6. The molecule has 1 heterocycles. The summed E-state index contributed by atoms with van der Waals surface area (Å²) in [5.41, 5.74) is -6.72. The van der Waals surface area contributed by atoms with E-state index in [1.807, 2.05) is 6.92 Å². The van der Waals surface area contributed by atoms with E-state index < -0.39 is 63.9 Å². The van der Waals surface area contributed by atoms with Crippen LogP contribution in [0.1, 0.15) is 56.3 Å². The second-order valence-corrected chi connectivity index (χ2v) is 13.9. The summed E-state index contributed by atoms with van der Waals surface area (Å²) in [6, 6.07) is 6.23. The number of amides is 1. The highest BCUT2D eigenvalue weighted by atomic mass is 16.6. The third-order valence-corrected chi connectivity index (χ3v) is 12.7. The van der Waals surface area contributed by atoms with Crippen molar-refractivity contribution in [3.8, 4) is 0 Å². The van der Waals surface area contributed by atoms with Crippen LogP contribution in [0.15, 0.2) is 24.3 Å². The van der Waals surface area contributed by atoms with E-state index in [1.165, 1.54) is 6.92 Å². The first-order chi connectivity index (χ1) is 20.4. The molecule has 0 aromatic heterocycles. The summed E-state index contributed by atoms with van der Waals surface area (Å²) in [5.74, 6) is -1.97. The zero-order chi connectivity index (χ0) is 30.7. The molecule has 5 saturated carbocycles. The summed E-state index contributed by atoms with van der Waals surface area (Å²) < 4.78 is 24.8. The zero-order valence-electron chi connectivity index (χ0n) is 25.5. The Bertz CT molecular complexity index is 1340. The van der Waals surface area contributed by atoms with Gasteiger partial charge in [0.2, 0.25) is 5.91 Å². The number of aliphatic hydroxyl groups is 3. The molecule has 1 saturated heterocycles. The number of nitrogens with one attached hydrogen (secondary N) is 1. The lowest BCUT2D eigenvalue weighted by atomic mass is 9.43. The Morgan fingerprint density at radius 3 is 2.44 bits per heavy atom. The van der Waals surface area contributed by atoms with E-state index in [-0.39, 0.29) is 36.3 Å². The fourth-order valence-corrected chi connectivity index (χ4v) is 11.6. The normalized spacial score (nSPS) is 49.1. The van der Waals surface area contributed by atoms with E-state index in [0.717, 1.165) is 0 Å². The summed E-state index contributed by atoms with van der Waals surface area (Å²) >= 11 is 0. The Kier molecular flexibility index (Phi) is 6.50. The van der Waals surface area contributed by atoms with Crippen molar-refractivity contribution >= 4 is 17.6 Å². The standard InChI is InChI=1S/C32H44N2O9/c1-6-34-16-28(43-26(36)18-9-7-8-10-20(18)33-17(2)35)12-11-24(41-4)31-22-13-19-21(40-3)14-30(38,32(22,39)25(19)42-5)29(37,27(31)34)15-23(28)31/h7-10,19,21-25,27,37-39H,6,11-16H2,1-5H3,(H,33,35)/t19-,21+,22+,23-,24+,25+,27-,28-,29?,30+,31-,32+/m1/s1. The zero-order valence-corrected chi connectivity index (χ0v) is 25.5. The Labute approximate surface area is 251 Å². The summed E-state index contributed by atoms with van der Waals surface area (Å²) in [6.45, 7) is 4.30. The molecule has 11 nitrogen and oxygen atoms in total. The maximum absolute atomic E-state index is 14.0. The molecule has 236 valence electrons. The molecule has 1 aliphatic heterocycles. The van der Waals surface area contributed by atoms with Gasteiger partial charge in [-0.15, -0.1) is 0 Å². The van der Waals surface area contributed by atoms with Gasteiger partial charge in [-0.25, -0.2) is 4.79 Å². The van der Waals surface area contributed by atoms with E-state index in [4.69, 9.17) is 18.9 Å². The van der Waals surface area contributed by atoms with Crippen LogP contribution in [-0.4, -0.2) is 113 Å². The molecule has 11 heteroatoms. The number of fused-ring (bicyclic) bond motifs is 2. The first-order valence-corrected chi connectivity index (χ1v) is 15.5. The fraction of sp³-hybridized carbons (Fsp3) is 0.750. The predicted molar refractivity (Wildman–Crippen MR) is 153 cm³/mol. The van der Waals surface area contributed by atoms with Crippen LogP contribution in [0.3, 0.4) is 0 Å². The van der Waals surface area contributed by atoms with Gasteiger partial charge in [0.1, 0.15) is 22.4 Å². The van der Waals surface area contributed by atoms with Crippen molar-refractivity contribution in [2.24, 2.45) is 23.2 Å². The highest BCUT2D eigenvalue weighted by Gasteiger charge is 2.93. The van der Waals surface area contributed by atoms with Crippen LogP contribution >= 0.6 is 0 Å². The number of carbonyl (C=O) groups is 2. The molecule has 43 heavy (non-hydrogen) atoms. The molecule has 4 N–H and O–H groups in total. The third-order valence-electron chi connectivity index (χ3n) is 12.7. The smallest absolute Gasteiger partial charge is 0.340 e. The molecule has 1 amide bonds. The van der Waals surface area contributed by atoms with Crippen molar-refractivity contribution in [1.82, 2.24) is 4.90 Å². The number of carbonyl (C=O) groups excluding carboxylic acids is 2. The predicted octanol–water partition coefficient (Wildman–Crippen LogP) is 1.34. The van der Waals surface area contributed by atoms with Gasteiger partial charge in [-0.3, -0.25) is 9.69 Å². The number of hydrogen-bond acceptors (Lipinski definition) is 10. The maximum Gasteiger partial charge on any atom is 0.340 e. The van der Waals surface area contributed by atoms with Gasteiger partial charge in [0.25, 0.3) is 0 Å². The van der Waals surface area contributed by atoms with Gasteiger partial charge in [-0.1, -0.05) is 19.1 Å². The average molecular weight is 601 g/mol. The maximum atomic E-state index is 14.0. The van der Waals surface area contributed by atoms with Gasteiger partial charge >= 0.3 is 5.97 Å². The van der Waals surface area contributed by atoms with E-state index >= 15 is 0 Å². The van der Waals surface area contributed by atoms with E-state index in [2.05, 4.69) is 10.2 Å². The molecule has 1 aromatic carbocycles. The van der Waals surface area contributed by atoms with Gasteiger partial charge in [-0.05, 0) is 44.4 Å². The Morgan fingerprint density at radius 2 is 1.79 bits per heavy atom. The minimum Gasteiger partial charge on any atom is -0.454 e. The molecule has 6 aliphatic rings. The lowest BCUT2D eigenvalue weighted by Crippen LogP contribution is -2.87. The first-order valence-electron chi connectivity index (χ1n) is 15.5. The molecule has 1 unspecified atom stereocenters.